The largest absolute Gasteiger partial charge is 0.277 e. The second-order valence-electron chi connectivity index (χ2n) is 6.30. The molecule has 2 aromatic heterocycles. The summed E-state index contributed by atoms with van der Waals surface area (Å²) in [7, 11) is 0. The number of tetrazole rings is 1. The number of carbonyl (C=O) groups excluding carboxylic acids is 1. The minimum Gasteiger partial charge on any atom is -0.277 e. The van der Waals surface area contributed by atoms with Crippen LogP contribution in [0.2, 0.25) is 5.02 Å². The number of benzene rings is 2. The Kier molecular flexibility index (Phi) is 4.49. The van der Waals surface area contributed by atoms with Gasteiger partial charge in [-0.2, -0.15) is 4.80 Å². The second kappa shape index (κ2) is 7.31. The third-order valence-electron chi connectivity index (χ3n) is 4.39. The standard InChI is InChI=1S/C20H13ClN6OS/c21-14-7-8-18-16(10-14)27(15-5-1-2-6-17(15)29-18)19(28)12-26-24-20(23-25-26)13-4-3-9-22-11-13/h1-11H,12H2. The van der Waals surface area contributed by atoms with Gasteiger partial charge in [0.15, 0.2) is 0 Å². The molecular formula is C20H13ClN6OS. The molecule has 1 aliphatic rings. The molecule has 0 N–H and O–H groups in total. The highest BCUT2D eigenvalue weighted by atomic mass is 35.5. The predicted molar refractivity (Wildman–Crippen MR) is 110 cm³/mol. The minimum absolute atomic E-state index is 0.0573. The van der Waals surface area contributed by atoms with E-state index < -0.39 is 0 Å². The van der Waals surface area contributed by atoms with Gasteiger partial charge in [-0.1, -0.05) is 35.5 Å². The predicted octanol–water partition coefficient (Wildman–Crippen LogP) is 4.22. The molecule has 0 saturated carbocycles. The first-order valence-electron chi connectivity index (χ1n) is 8.76. The normalized spacial score (nSPS) is 12.4. The molecule has 9 heteroatoms. The summed E-state index contributed by atoms with van der Waals surface area (Å²) in [4.78, 5) is 22.3. The number of para-hydroxylation sites is 1. The molecule has 2 aromatic carbocycles. The lowest BCUT2D eigenvalue weighted by atomic mass is 10.2. The van der Waals surface area contributed by atoms with Crippen molar-refractivity contribution in [2.75, 3.05) is 4.90 Å². The molecule has 0 radical (unpaired) electrons. The number of nitrogens with zero attached hydrogens (tertiary/aromatic N) is 6. The van der Waals surface area contributed by atoms with Crippen molar-refractivity contribution in [2.24, 2.45) is 0 Å². The van der Waals surface area contributed by atoms with E-state index in [-0.39, 0.29) is 12.5 Å². The monoisotopic (exact) mass is 420 g/mol. The van der Waals surface area contributed by atoms with Gasteiger partial charge in [0, 0.05) is 32.8 Å². The number of pyridine rings is 1. The highest BCUT2D eigenvalue weighted by Crippen LogP contribution is 2.48. The number of aromatic nitrogens is 5. The molecule has 4 aromatic rings. The Morgan fingerprint density at radius 2 is 1.90 bits per heavy atom. The Morgan fingerprint density at radius 3 is 2.76 bits per heavy atom. The number of hydrogen-bond donors (Lipinski definition) is 0. The topological polar surface area (TPSA) is 76.8 Å². The Bertz CT molecular complexity index is 1210. The maximum Gasteiger partial charge on any atom is 0.255 e. The Balaban J connectivity index is 1.49. The van der Waals surface area contributed by atoms with Crippen molar-refractivity contribution < 1.29 is 4.79 Å². The van der Waals surface area contributed by atoms with E-state index in [4.69, 9.17) is 11.6 Å². The van der Waals surface area contributed by atoms with Crippen LogP contribution in [-0.2, 0) is 11.3 Å². The number of hydrogen-bond acceptors (Lipinski definition) is 6. The van der Waals surface area contributed by atoms with E-state index in [0.717, 1.165) is 26.7 Å². The zero-order valence-corrected chi connectivity index (χ0v) is 16.5. The number of amides is 1. The molecule has 0 atom stereocenters. The van der Waals surface area contributed by atoms with E-state index in [1.165, 1.54) is 4.80 Å². The lowest BCUT2D eigenvalue weighted by Gasteiger charge is -2.31. The van der Waals surface area contributed by atoms with Crippen LogP contribution in [0.1, 0.15) is 0 Å². The van der Waals surface area contributed by atoms with E-state index in [0.29, 0.717) is 10.8 Å². The van der Waals surface area contributed by atoms with Gasteiger partial charge in [-0.15, -0.1) is 10.2 Å². The van der Waals surface area contributed by atoms with E-state index in [9.17, 15) is 4.79 Å². The van der Waals surface area contributed by atoms with Crippen molar-refractivity contribution in [2.45, 2.75) is 16.3 Å². The van der Waals surface area contributed by atoms with Crippen LogP contribution in [0.4, 0.5) is 11.4 Å². The van der Waals surface area contributed by atoms with Gasteiger partial charge in [0.1, 0.15) is 6.54 Å². The number of rotatable bonds is 3. The zero-order chi connectivity index (χ0) is 19.8. The average Bonchev–Trinajstić information content (AvgIpc) is 3.21. The van der Waals surface area contributed by atoms with E-state index in [1.807, 2.05) is 42.5 Å². The summed E-state index contributed by atoms with van der Waals surface area (Å²) in [5.74, 6) is 0.236. The van der Waals surface area contributed by atoms with Crippen LogP contribution < -0.4 is 4.90 Å². The minimum atomic E-state index is -0.184. The van der Waals surface area contributed by atoms with Crippen molar-refractivity contribution >= 4 is 40.6 Å². The maximum absolute atomic E-state index is 13.3. The summed E-state index contributed by atoms with van der Waals surface area (Å²) in [6.45, 7) is -0.0573. The Morgan fingerprint density at radius 1 is 1.03 bits per heavy atom. The van der Waals surface area contributed by atoms with Crippen molar-refractivity contribution in [3.05, 3.63) is 72.0 Å². The molecular weight excluding hydrogens is 408 g/mol. The maximum atomic E-state index is 13.3. The molecule has 5 rings (SSSR count). The number of halogens is 1. The van der Waals surface area contributed by atoms with Crippen molar-refractivity contribution in [1.29, 1.82) is 0 Å². The molecule has 1 amide bonds. The molecule has 0 unspecified atom stereocenters. The number of carbonyl (C=O) groups is 1. The third kappa shape index (κ3) is 3.37. The summed E-state index contributed by atoms with van der Waals surface area (Å²) in [6.07, 6.45) is 3.32. The summed E-state index contributed by atoms with van der Waals surface area (Å²) < 4.78 is 0. The van der Waals surface area contributed by atoms with E-state index >= 15 is 0 Å². The van der Waals surface area contributed by atoms with Crippen LogP contribution in [-0.4, -0.2) is 31.1 Å². The number of fused-ring (bicyclic) bond motifs is 2. The summed E-state index contributed by atoms with van der Waals surface area (Å²) in [6, 6.07) is 16.9. The van der Waals surface area contributed by atoms with Crippen LogP contribution in [0.15, 0.2) is 76.8 Å². The molecule has 142 valence electrons. The second-order valence-corrected chi connectivity index (χ2v) is 7.82. The molecule has 0 bridgehead atoms. The smallest absolute Gasteiger partial charge is 0.255 e. The highest BCUT2D eigenvalue weighted by molar-refractivity contribution is 7.99. The van der Waals surface area contributed by atoms with Gasteiger partial charge in [-0.3, -0.25) is 14.7 Å². The molecule has 3 heterocycles. The molecule has 0 saturated heterocycles. The lowest BCUT2D eigenvalue weighted by molar-refractivity contribution is -0.118. The zero-order valence-electron chi connectivity index (χ0n) is 14.9. The van der Waals surface area contributed by atoms with Crippen LogP contribution in [0, 0.1) is 0 Å². The fraction of sp³-hybridized carbons (Fsp3) is 0.0500. The molecule has 0 spiro atoms. The molecule has 1 aliphatic heterocycles. The van der Waals surface area contributed by atoms with Gasteiger partial charge >= 0.3 is 0 Å². The SMILES string of the molecule is O=C(Cn1nnc(-c2cccnc2)n1)N1c2ccccc2Sc2ccc(Cl)cc21. The van der Waals surface area contributed by atoms with Crippen LogP contribution in [0.25, 0.3) is 11.4 Å². The first kappa shape index (κ1) is 17.8. The van der Waals surface area contributed by atoms with E-state index in [2.05, 4.69) is 20.4 Å². The Hall–Kier alpha value is -3.23. The van der Waals surface area contributed by atoms with E-state index in [1.54, 1.807) is 41.2 Å². The Labute approximate surface area is 175 Å². The van der Waals surface area contributed by atoms with Gasteiger partial charge in [0.05, 0.1) is 11.4 Å². The molecule has 29 heavy (non-hydrogen) atoms. The van der Waals surface area contributed by atoms with Gasteiger partial charge in [0.2, 0.25) is 5.82 Å². The van der Waals surface area contributed by atoms with Gasteiger partial charge in [0.25, 0.3) is 5.91 Å². The van der Waals surface area contributed by atoms with Crippen LogP contribution in [0.3, 0.4) is 0 Å². The van der Waals surface area contributed by atoms with Crippen molar-refractivity contribution in [3.63, 3.8) is 0 Å². The molecule has 7 nitrogen and oxygen atoms in total. The summed E-state index contributed by atoms with van der Waals surface area (Å²) >= 11 is 7.82. The quantitative estimate of drug-likeness (QED) is 0.494. The van der Waals surface area contributed by atoms with Crippen molar-refractivity contribution in [1.82, 2.24) is 25.2 Å². The fourth-order valence-corrected chi connectivity index (χ4v) is 4.31. The first-order chi connectivity index (χ1) is 14.2. The van der Waals surface area contributed by atoms with Gasteiger partial charge in [-0.05, 0) is 47.7 Å². The average molecular weight is 421 g/mol. The third-order valence-corrected chi connectivity index (χ3v) is 5.75. The molecule has 0 aliphatic carbocycles. The van der Waals surface area contributed by atoms with Crippen LogP contribution in [0.5, 0.6) is 0 Å². The summed E-state index contributed by atoms with van der Waals surface area (Å²) in [5.41, 5.74) is 2.30. The van der Waals surface area contributed by atoms with Crippen molar-refractivity contribution in [3.8, 4) is 11.4 Å². The van der Waals surface area contributed by atoms with Gasteiger partial charge in [-0.25, -0.2) is 0 Å². The number of anilines is 2. The summed E-state index contributed by atoms with van der Waals surface area (Å²) in [5, 5.41) is 12.9. The first-order valence-corrected chi connectivity index (χ1v) is 9.96. The van der Waals surface area contributed by atoms with Gasteiger partial charge < -0.3 is 0 Å². The fourth-order valence-electron chi connectivity index (χ4n) is 3.11. The van der Waals surface area contributed by atoms with Crippen LogP contribution >= 0.6 is 23.4 Å². The lowest BCUT2D eigenvalue weighted by Crippen LogP contribution is -2.32. The molecule has 0 fully saturated rings. The highest BCUT2D eigenvalue weighted by Gasteiger charge is 2.29.